The monoisotopic (exact) mass is 278 g/mol. The Balaban J connectivity index is 2.80. The van der Waals surface area contributed by atoms with Crippen LogP contribution in [0.2, 0.25) is 0 Å². The minimum absolute atomic E-state index is 0.102. The van der Waals surface area contributed by atoms with Gasteiger partial charge in [-0.2, -0.15) is 0 Å². The maximum atomic E-state index is 12.9. The topological polar surface area (TPSA) is 0 Å². The van der Waals surface area contributed by atoms with Crippen molar-refractivity contribution in [2.24, 2.45) is 5.92 Å². The molecular formula is C11H13BrClF. The fourth-order valence-electron chi connectivity index (χ4n) is 1.21. The second-order valence-corrected chi connectivity index (χ2v) is 5.14. The summed E-state index contributed by atoms with van der Waals surface area (Å²) in [5.74, 6) is 0.146. The third-order valence-electron chi connectivity index (χ3n) is 2.33. The van der Waals surface area contributed by atoms with Crippen LogP contribution in [0, 0.1) is 11.7 Å². The van der Waals surface area contributed by atoms with Crippen LogP contribution < -0.4 is 0 Å². The molecule has 0 N–H and O–H groups in total. The van der Waals surface area contributed by atoms with Crippen molar-refractivity contribution in [2.75, 3.05) is 0 Å². The van der Waals surface area contributed by atoms with E-state index in [2.05, 4.69) is 22.9 Å². The molecule has 0 aromatic heterocycles. The molecule has 78 valence electrons. The Labute approximate surface area is 97.6 Å². The summed E-state index contributed by atoms with van der Waals surface area (Å²) in [5, 5.41) is 0.102. The number of benzene rings is 1. The highest BCUT2D eigenvalue weighted by atomic mass is 79.9. The van der Waals surface area contributed by atoms with Gasteiger partial charge in [-0.1, -0.05) is 22.9 Å². The average Bonchev–Trinajstić information content (AvgIpc) is 2.11. The van der Waals surface area contributed by atoms with Crippen LogP contribution in [0.15, 0.2) is 22.7 Å². The van der Waals surface area contributed by atoms with Gasteiger partial charge in [0, 0.05) is 9.85 Å². The average molecular weight is 280 g/mol. The van der Waals surface area contributed by atoms with Gasteiger partial charge in [-0.15, -0.1) is 11.6 Å². The molecule has 0 saturated carbocycles. The third kappa shape index (κ3) is 3.25. The molecule has 0 aliphatic heterocycles. The Morgan fingerprint density at radius 3 is 2.64 bits per heavy atom. The molecule has 0 aliphatic rings. The molecule has 0 amide bonds. The lowest BCUT2D eigenvalue weighted by Gasteiger charge is -2.14. The summed E-state index contributed by atoms with van der Waals surface area (Å²) in [6.45, 7) is 4.02. The zero-order valence-electron chi connectivity index (χ0n) is 8.23. The van der Waals surface area contributed by atoms with Crippen molar-refractivity contribution in [3.05, 3.63) is 34.1 Å². The molecule has 0 saturated heterocycles. The standard InChI is InChI=1S/C11H13BrClF/c1-7(8(2)13)5-9-6-10(14)3-4-11(9)12/h3-4,6-8H,5H2,1-2H3. The van der Waals surface area contributed by atoms with E-state index in [1.807, 2.05) is 6.92 Å². The van der Waals surface area contributed by atoms with Crippen molar-refractivity contribution < 1.29 is 4.39 Å². The molecule has 0 spiro atoms. The van der Waals surface area contributed by atoms with Crippen LogP contribution in [-0.4, -0.2) is 5.38 Å². The van der Waals surface area contributed by atoms with E-state index in [1.165, 1.54) is 6.07 Å². The second kappa shape index (κ2) is 5.13. The summed E-state index contributed by atoms with van der Waals surface area (Å²) >= 11 is 9.36. The van der Waals surface area contributed by atoms with E-state index in [1.54, 1.807) is 12.1 Å². The van der Waals surface area contributed by atoms with E-state index in [4.69, 9.17) is 11.6 Å². The van der Waals surface area contributed by atoms with Crippen LogP contribution in [0.4, 0.5) is 4.39 Å². The zero-order chi connectivity index (χ0) is 10.7. The van der Waals surface area contributed by atoms with Gasteiger partial charge in [-0.05, 0) is 43.0 Å². The predicted molar refractivity (Wildman–Crippen MR) is 62.3 cm³/mol. The van der Waals surface area contributed by atoms with Crippen LogP contribution in [0.5, 0.6) is 0 Å². The van der Waals surface area contributed by atoms with Crippen molar-refractivity contribution in [2.45, 2.75) is 25.6 Å². The van der Waals surface area contributed by atoms with Crippen molar-refractivity contribution in [3.8, 4) is 0 Å². The van der Waals surface area contributed by atoms with Crippen LogP contribution in [-0.2, 0) is 6.42 Å². The van der Waals surface area contributed by atoms with E-state index >= 15 is 0 Å². The molecule has 1 aromatic rings. The lowest BCUT2D eigenvalue weighted by atomic mass is 9.98. The van der Waals surface area contributed by atoms with Gasteiger partial charge in [0.25, 0.3) is 0 Å². The minimum Gasteiger partial charge on any atom is -0.207 e. The van der Waals surface area contributed by atoms with Crippen LogP contribution in [0.25, 0.3) is 0 Å². The highest BCUT2D eigenvalue weighted by molar-refractivity contribution is 9.10. The largest absolute Gasteiger partial charge is 0.207 e. The van der Waals surface area contributed by atoms with Gasteiger partial charge in [0.1, 0.15) is 5.82 Å². The summed E-state index contributed by atoms with van der Waals surface area (Å²) in [5.41, 5.74) is 0.977. The predicted octanol–water partition coefficient (Wildman–Crippen LogP) is 4.39. The van der Waals surface area contributed by atoms with Gasteiger partial charge in [-0.25, -0.2) is 4.39 Å². The van der Waals surface area contributed by atoms with E-state index in [9.17, 15) is 4.39 Å². The first-order valence-corrected chi connectivity index (χ1v) is 5.81. The molecule has 14 heavy (non-hydrogen) atoms. The summed E-state index contributed by atoms with van der Waals surface area (Å²) in [6, 6.07) is 4.73. The molecule has 0 nitrogen and oxygen atoms in total. The minimum atomic E-state index is -0.197. The van der Waals surface area contributed by atoms with Crippen LogP contribution in [0.1, 0.15) is 19.4 Å². The van der Waals surface area contributed by atoms with Crippen molar-refractivity contribution >= 4 is 27.5 Å². The summed E-state index contributed by atoms with van der Waals surface area (Å²) in [7, 11) is 0. The normalized spacial score (nSPS) is 15.2. The van der Waals surface area contributed by atoms with Gasteiger partial charge in [0.2, 0.25) is 0 Å². The molecule has 2 atom stereocenters. The Hall–Kier alpha value is -0.0800. The SMILES string of the molecule is CC(Cl)C(C)Cc1cc(F)ccc1Br. The second-order valence-electron chi connectivity index (χ2n) is 3.59. The first-order chi connectivity index (χ1) is 6.50. The van der Waals surface area contributed by atoms with Gasteiger partial charge in [-0.3, -0.25) is 0 Å². The lowest BCUT2D eigenvalue weighted by molar-refractivity contribution is 0.561. The fourth-order valence-corrected chi connectivity index (χ4v) is 1.71. The number of halogens is 3. The third-order valence-corrected chi connectivity index (χ3v) is 3.54. The molecule has 0 radical (unpaired) electrons. The molecule has 0 aliphatic carbocycles. The summed E-state index contributed by atoms with van der Waals surface area (Å²) in [4.78, 5) is 0. The zero-order valence-corrected chi connectivity index (χ0v) is 10.6. The van der Waals surface area contributed by atoms with Crippen molar-refractivity contribution in [1.29, 1.82) is 0 Å². The Bertz CT molecular complexity index is 312. The molecule has 0 heterocycles. The highest BCUT2D eigenvalue weighted by Crippen LogP contribution is 2.23. The maximum Gasteiger partial charge on any atom is 0.123 e. The smallest absolute Gasteiger partial charge is 0.123 e. The number of rotatable bonds is 3. The molecule has 0 fully saturated rings. The van der Waals surface area contributed by atoms with Gasteiger partial charge in [0.05, 0.1) is 0 Å². The van der Waals surface area contributed by atoms with Gasteiger partial charge >= 0.3 is 0 Å². The summed E-state index contributed by atoms with van der Waals surface area (Å²) in [6.07, 6.45) is 0.795. The van der Waals surface area contributed by atoms with E-state index < -0.39 is 0 Å². The van der Waals surface area contributed by atoms with E-state index in [0.717, 1.165) is 16.5 Å². The summed E-state index contributed by atoms with van der Waals surface area (Å²) < 4.78 is 13.9. The van der Waals surface area contributed by atoms with Gasteiger partial charge in [0.15, 0.2) is 0 Å². The van der Waals surface area contributed by atoms with Crippen LogP contribution >= 0.6 is 27.5 Å². The Kier molecular flexibility index (Phi) is 4.39. The molecule has 1 rings (SSSR count). The van der Waals surface area contributed by atoms with E-state index in [-0.39, 0.29) is 11.2 Å². The quantitative estimate of drug-likeness (QED) is 0.720. The Morgan fingerprint density at radius 2 is 2.07 bits per heavy atom. The van der Waals surface area contributed by atoms with Crippen molar-refractivity contribution in [1.82, 2.24) is 0 Å². The van der Waals surface area contributed by atoms with E-state index in [0.29, 0.717) is 5.92 Å². The van der Waals surface area contributed by atoms with Gasteiger partial charge < -0.3 is 0 Å². The van der Waals surface area contributed by atoms with Crippen molar-refractivity contribution in [3.63, 3.8) is 0 Å². The fraction of sp³-hybridized carbons (Fsp3) is 0.455. The number of alkyl halides is 1. The highest BCUT2D eigenvalue weighted by Gasteiger charge is 2.12. The maximum absolute atomic E-state index is 12.9. The molecule has 2 unspecified atom stereocenters. The Morgan fingerprint density at radius 1 is 1.43 bits per heavy atom. The molecule has 0 bridgehead atoms. The number of hydrogen-bond donors (Lipinski definition) is 0. The lowest BCUT2D eigenvalue weighted by Crippen LogP contribution is -2.10. The van der Waals surface area contributed by atoms with Crippen LogP contribution in [0.3, 0.4) is 0 Å². The molecular weight excluding hydrogens is 266 g/mol. The first-order valence-electron chi connectivity index (χ1n) is 4.58. The first kappa shape index (κ1) is 12.0. The molecule has 3 heteroatoms. The molecule has 1 aromatic carbocycles. The number of hydrogen-bond acceptors (Lipinski definition) is 0.